The van der Waals surface area contributed by atoms with E-state index in [4.69, 9.17) is 4.74 Å². The predicted octanol–water partition coefficient (Wildman–Crippen LogP) is 3.10. The van der Waals surface area contributed by atoms with Gasteiger partial charge >= 0.3 is 0 Å². The molecule has 0 saturated carbocycles. The predicted molar refractivity (Wildman–Crippen MR) is 53.7 cm³/mol. The van der Waals surface area contributed by atoms with Crippen molar-refractivity contribution >= 4 is 0 Å². The monoisotopic (exact) mass is 176 g/mol. The van der Waals surface area contributed by atoms with Crippen LogP contribution in [0, 0.1) is 0 Å². The second-order valence-electron chi connectivity index (χ2n) is 3.62. The van der Waals surface area contributed by atoms with Gasteiger partial charge in [-0.05, 0) is 24.0 Å². The number of rotatable bonds is 4. The first-order valence-corrected chi connectivity index (χ1v) is 5.11. The van der Waals surface area contributed by atoms with E-state index < -0.39 is 0 Å². The van der Waals surface area contributed by atoms with Gasteiger partial charge in [0.2, 0.25) is 0 Å². The van der Waals surface area contributed by atoms with E-state index in [9.17, 15) is 0 Å². The number of benzene rings is 1. The van der Waals surface area contributed by atoms with E-state index in [0.717, 1.165) is 6.61 Å². The summed E-state index contributed by atoms with van der Waals surface area (Å²) < 4.78 is 5.32. The summed E-state index contributed by atoms with van der Waals surface area (Å²) in [6, 6.07) is 8.65. The molecular formula is C12H16O. The number of epoxide rings is 1. The second kappa shape index (κ2) is 3.93. The van der Waals surface area contributed by atoms with Crippen LogP contribution >= 0.6 is 0 Å². The topological polar surface area (TPSA) is 12.5 Å². The van der Waals surface area contributed by atoms with Crippen molar-refractivity contribution < 1.29 is 4.74 Å². The maximum atomic E-state index is 5.32. The Bertz CT molecular complexity index is 276. The highest BCUT2D eigenvalue weighted by Gasteiger charge is 2.26. The fourth-order valence-electron chi connectivity index (χ4n) is 1.67. The van der Waals surface area contributed by atoms with Gasteiger partial charge in [0, 0.05) is 0 Å². The van der Waals surface area contributed by atoms with Gasteiger partial charge < -0.3 is 4.74 Å². The third-order valence-corrected chi connectivity index (χ3v) is 2.53. The number of hydrogen-bond acceptors (Lipinski definition) is 1. The Labute approximate surface area is 79.7 Å². The van der Waals surface area contributed by atoms with Crippen LogP contribution in [0.1, 0.15) is 37.0 Å². The minimum atomic E-state index is 0.410. The first kappa shape index (κ1) is 8.76. The van der Waals surface area contributed by atoms with Crippen molar-refractivity contribution in [3.63, 3.8) is 0 Å². The molecule has 0 spiro atoms. The van der Waals surface area contributed by atoms with Gasteiger partial charge in [-0.2, -0.15) is 0 Å². The lowest BCUT2D eigenvalue weighted by Gasteiger charge is -2.05. The lowest BCUT2D eigenvalue weighted by molar-refractivity contribution is 0.414. The molecule has 1 aliphatic rings. The van der Waals surface area contributed by atoms with Gasteiger partial charge in [0.25, 0.3) is 0 Å². The summed E-state index contributed by atoms with van der Waals surface area (Å²) in [5.74, 6) is 0. The van der Waals surface area contributed by atoms with Crippen LogP contribution in [0.3, 0.4) is 0 Å². The number of hydrogen-bond donors (Lipinski definition) is 0. The molecule has 0 aromatic heterocycles. The number of aryl methyl sites for hydroxylation is 1. The molecule has 1 aromatic rings. The van der Waals surface area contributed by atoms with Crippen LogP contribution in [-0.4, -0.2) is 6.61 Å². The maximum absolute atomic E-state index is 5.32. The molecule has 0 amide bonds. The second-order valence-corrected chi connectivity index (χ2v) is 3.62. The lowest BCUT2D eigenvalue weighted by Crippen LogP contribution is -1.92. The van der Waals surface area contributed by atoms with Gasteiger partial charge in [-0.1, -0.05) is 37.6 Å². The molecule has 1 saturated heterocycles. The lowest BCUT2D eigenvalue weighted by atomic mass is 10.0. The van der Waals surface area contributed by atoms with Crippen molar-refractivity contribution in [2.24, 2.45) is 0 Å². The summed E-state index contributed by atoms with van der Waals surface area (Å²) >= 11 is 0. The van der Waals surface area contributed by atoms with E-state index in [1.165, 1.54) is 30.4 Å². The molecule has 0 aliphatic carbocycles. The molecule has 1 nitrogen and oxygen atoms in total. The summed E-state index contributed by atoms with van der Waals surface area (Å²) in [5.41, 5.74) is 2.89. The molecule has 1 aliphatic heterocycles. The maximum Gasteiger partial charge on any atom is 0.106 e. The number of ether oxygens (including phenoxy) is 1. The largest absolute Gasteiger partial charge is 0.368 e. The van der Waals surface area contributed by atoms with Gasteiger partial charge in [-0.15, -0.1) is 0 Å². The average molecular weight is 176 g/mol. The van der Waals surface area contributed by atoms with Crippen molar-refractivity contribution in [2.75, 3.05) is 6.61 Å². The zero-order valence-corrected chi connectivity index (χ0v) is 8.12. The zero-order chi connectivity index (χ0) is 9.10. The van der Waals surface area contributed by atoms with E-state index in [1.807, 2.05) is 0 Å². The summed E-state index contributed by atoms with van der Waals surface area (Å²) in [4.78, 5) is 0. The molecule has 1 heteroatoms. The average Bonchev–Trinajstić information content (AvgIpc) is 2.98. The zero-order valence-electron chi connectivity index (χ0n) is 8.12. The third-order valence-electron chi connectivity index (χ3n) is 2.53. The normalized spacial score (nSPS) is 20.2. The van der Waals surface area contributed by atoms with Crippen LogP contribution in [0.4, 0.5) is 0 Å². The van der Waals surface area contributed by atoms with Crippen molar-refractivity contribution in [3.05, 3.63) is 35.4 Å². The highest BCUT2D eigenvalue weighted by molar-refractivity contribution is 5.31. The Morgan fingerprint density at radius 2 is 2.15 bits per heavy atom. The molecule has 0 radical (unpaired) electrons. The number of unbranched alkanes of at least 4 members (excludes halogenated alkanes) is 1. The summed E-state index contributed by atoms with van der Waals surface area (Å²) in [5, 5.41) is 0. The first-order valence-electron chi connectivity index (χ1n) is 5.11. The highest BCUT2D eigenvalue weighted by atomic mass is 16.6. The minimum absolute atomic E-state index is 0.410. The van der Waals surface area contributed by atoms with E-state index >= 15 is 0 Å². The third kappa shape index (κ3) is 2.10. The van der Waals surface area contributed by atoms with Gasteiger partial charge in [0.15, 0.2) is 0 Å². The smallest absolute Gasteiger partial charge is 0.106 e. The molecule has 70 valence electrons. The molecule has 0 bridgehead atoms. The molecule has 2 rings (SSSR count). The van der Waals surface area contributed by atoms with Gasteiger partial charge in [-0.3, -0.25) is 0 Å². The Morgan fingerprint density at radius 1 is 1.38 bits per heavy atom. The van der Waals surface area contributed by atoms with Crippen molar-refractivity contribution in [1.82, 2.24) is 0 Å². The van der Waals surface area contributed by atoms with Gasteiger partial charge in [0.1, 0.15) is 6.10 Å². The fraction of sp³-hybridized carbons (Fsp3) is 0.500. The van der Waals surface area contributed by atoms with Crippen LogP contribution in [-0.2, 0) is 11.2 Å². The van der Waals surface area contributed by atoms with E-state index in [-0.39, 0.29) is 0 Å². The molecule has 1 atom stereocenters. The molecule has 1 fully saturated rings. The molecule has 0 N–H and O–H groups in total. The van der Waals surface area contributed by atoms with Crippen LogP contribution in [0.15, 0.2) is 24.3 Å². The molecule has 1 aromatic carbocycles. The molecule has 13 heavy (non-hydrogen) atoms. The van der Waals surface area contributed by atoms with Crippen LogP contribution < -0.4 is 0 Å². The summed E-state index contributed by atoms with van der Waals surface area (Å²) in [7, 11) is 0. The van der Waals surface area contributed by atoms with Gasteiger partial charge in [-0.25, -0.2) is 0 Å². The fourth-order valence-corrected chi connectivity index (χ4v) is 1.67. The molecule has 1 heterocycles. The Hall–Kier alpha value is -0.820. The minimum Gasteiger partial charge on any atom is -0.368 e. The van der Waals surface area contributed by atoms with Crippen LogP contribution in [0.2, 0.25) is 0 Å². The van der Waals surface area contributed by atoms with Crippen molar-refractivity contribution in [1.29, 1.82) is 0 Å². The Morgan fingerprint density at radius 3 is 2.85 bits per heavy atom. The van der Waals surface area contributed by atoms with E-state index in [0.29, 0.717) is 6.10 Å². The van der Waals surface area contributed by atoms with E-state index in [1.54, 1.807) is 0 Å². The first-order chi connectivity index (χ1) is 6.42. The molecular weight excluding hydrogens is 160 g/mol. The van der Waals surface area contributed by atoms with Crippen molar-refractivity contribution in [3.8, 4) is 0 Å². The standard InChI is InChI=1S/C12H16O/c1-2-3-6-10-7-4-5-8-11(10)12-9-13-12/h4-5,7-8,12H,2-3,6,9H2,1H3. The quantitative estimate of drug-likeness (QED) is 0.642. The van der Waals surface area contributed by atoms with Crippen LogP contribution in [0.5, 0.6) is 0 Å². The molecule has 1 unspecified atom stereocenters. The highest BCUT2D eigenvalue weighted by Crippen LogP contribution is 2.32. The Balaban J connectivity index is 2.12. The van der Waals surface area contributed by atoms with Crippen LogP contribution in [0.25, 0.3) is 0 Å². The van der Waals surface area contributed by atoms with E-state index in [2.05, 4.69) is 31.2 Å². The summed E-state index contributed by atoms with van der Waals surface area (Å²) in [6.45, 7) is 3.15. The Kier molecular flexibility index (Phi) is 2.65. The van der Waals surface area contributed by atoms with Gasteiger partial charge in [0.05, 0.1) is 6.61 Å². The summed E-state index contributed by atoms with van der Waals surface area (Å²) in [6.07, 6.45) is 4.16. The SMILES string of the molecule is CCCCc1ccccc1C1CO1. The van der Waals surface area contributed by atoms with Crippen molar-refractivity contribution in [2.45, 2.75) is 32.3 Å².